The molecule has 79 heavy (non-hydrogen) atoms. The molecule has 1 unspecified atom stereocenters. The first-order chi connectivity index (χ1) is 37.1. The average molecular weight is 1160 g/mol. The molecule has 0 radical (unpaired) electrons. The fraction of sp³-hybridized carbons (Fsp3) is 0.857. The number of aliphatic hydroxyl groups is 14. The second-order valence-electron chi connectivity index (χ2n) is 19.1. The summed E-state index contributed by atoms with van der Waals surface area (Å²) < 4.78 is 61.2. The molecule has 0 aromatic carbocycles. The number of amides is 3. The third kappa shape index (κ3) is 13.8. The molecule has 6 rings (SSSR count). The second-order valence-corrected chi connectivity index (χ2v) is 19.1. The van der Waals surface area contributed by atoms with E-state index in [-0.39, 0.29) is 0 Å². The summed E-state index contributed by atoms with van der Waals surface area (Å²) in [6, 6.07) is -5.60. The number of carbonyl (C=O) groups excluding carboxylic acids is 3. The van der Waals surface area contributed by atoms with E-state index in [1.807, 2.05) is 0 Å². The van der Waals surface area contributed by atoms with Crippen molar-refractivity contribution in [3.8, 4) is 0 Å². The molecule has 6 fully saturated rings. The number of aliphatic hydroxyl groups excluding tert-OH is 14. The smallest absolute Gasteiger partial charge is 0.335 e. The second kappa shape index (κ2) is 26.8. The van der Waals surface area contributed by atoms with E-state index in [9.17, 15) is 116 Å². The molecule has 20 N–H and O–H groups in total. The van der Waals surface area contributed by atoms with Crippen LogP contribution in [0, 0.1) is 0 Å². The molecule has 37 nitrogen and oxygen atoms in total. The van der Waals surface area contributed by atoms with Crippen LogP contribution in [0.4, 0.5) is 0 Å². The standard InChI is InChI=1S/C42H65N3O34/c1-7(49)43-13-26(16(52)10(4-46)69-37(13)68)72-41-24(60)21(57)29(32(78-41)35(64)65)75-39-15(45-9(3)51)28(18(54)12(6-48)71-39)74-42-25(61)22(58)30(33(79-42)36(66)67)76-38-14(44-8(2)50)27(17(53)11(5-47)70-38)73-40-23(59)19(55)20(56)31(77-40)34(62)63/h10-33,37-42,46-48,52-61,68H,4-6H2,1-3H3,(H,43,49)(H,44,50)(H,45,51)(H,62,63)(H,64,65)(H,66,67)/t10-,11-,12-,13-,14-,15-,16+,17+,18+,19-,20-,21+,22+,23-,24-,25-,26+,27+,28+,29-,30-,31+,32+,33+,37?,38-,39-,40+,41+,42+/m0/s1. The van der Waals surface area contributed by atoms with Crippen LogP contribution in [0.2, 0.25) is 0 Å². The predicted octanol–water partition coefficient (Wildman–Crippen LogP) is -13.4. The van der Waals surface area contributed by atoms with Gasteiger partial charge in [-0.15, -0.1) is 0 Å². The van der Waals surface area contributed by atoms with Crippen molar-refractivity contribution < 1.29 is 168 Å². The lowest BCUT2D eigenvalue weighted by molar-refractivity contribution is -0.377. The number of aliphatic carboxylic acids is 3. The first kappa shape index (κ1) is 64.0. The predicted molar refractivity (Wildman–Crippen MR) is 236 cm³/mol. The van der Waals surface area contributed by atoms with E-state index in [2.05, 4.69) is 16.0 Å². The Morgan fingerprint density at radius 1 is 0.342 bits per heavy atom. The van der Waals surface area contributed by atoms with Crippen molar-refractivity contribution in [1.82, 2.24) is 16.0 Å². The number of rotatable bonds is 19. The van der Waals surface area contributed by atoms with E-state index in [4.69, 9.17) is 52.1 Å². The molecule has 37 heteroatoms. The molecule has 0 bridgehead atoms. The molecule has 6 aliphatic heterocycles. The minimum Gasteiger partial charge on any atom is -0.479 e. The highest BCUT2D eigenvalue weighted by atomic mass is 16.8. The van der Waals surface area contributed by atoms with Crippen LogP contribution in [0.25, 0.3) is 0 Å². The Kier molecular flexibility index (Phi) is 21.7. The largest absolute Gasteiger partial charge is 0.479 e. The maximum atomic E-state index is 12.9. The van der Waals surface area contributed by atoms with Gasteiger partial charge in [0.05, 0.1) is 19.8 Å². The number of nitrogens with one attached hydrogen (secondary N) is 3. The Balaban J connectivity index is 1.25. The highest BCUT2D eigenvalue weighted by Crippen LogP contribution is 2.37. The van der Waals surface area contributed by atoms with Crippen LogP contribution in [0.1, 0.15) is 20.8 Å². The lowest BCUT2D eigenvalue weighted by Crippen LogP contribution is -2.71. The molecular weight excluding hydrogens is 1090 g/mol. The van der Waals surface area contributed by atoms with Gasteiger partial charge in [0.2, 0.25) is 17.7 Å². The van der Waals surface area contributed by atoms with Gasteiger partial charge in [0.25, 0.3) is 0 Å². The van der Waals surface area contributed by atoms with E-state index in [0.29, 0.717) is 0 Å². The summed E-state index contributed by atoms with van der Waals surface area (Å²) in [4.78, 5) is 74.7. The Labute approximate surface area is 443 Å². The lowest BCUT2D eigenvalue weighted by atomic mass is 9.93. The monoisotopic (exact) mass is 1160 g/mol. The lowest BCUT2D eigenvalue weighted by Gasteiger charge is -2.50. The van der Waals surface area contributed by atoms with Crippen molar-refractivity contribution in [2.24, 2.45) is 0 Å². The minimum atomic E-state index is -2.52. The van der Waals surface area contributed by atoms with Gasteiger partial charge in [0.1, 0.15) is 128 Å². The zero-order valence-corrected chi connectivity index (χ0v) is 41.5. The zero-order chi connectivity index (χ0) is 58.8. The van der Waals surface area contributed by atoms with Crippen molar-refractivity contribution in [2.75, 3.05) is 19.8 Å². The molecule has 6 heterocycles. The van der Waals surface area contributed by atoms with Crippen molar-refractivity contribution >= 4 is 35.6 Å². The molecule has 0 aliphatic carbocycles. The van der Waals surface area contributed by atoms with Crippen molar-refractivity contribution in [3.05, 3.63) is 0 Å². The summed E-state index contributed by atoms with van der Waals surface area (Å²) >= 11 is 0. The third-order valence-corrected chi connectivity index (χ3v) is 13.5. The van der Waals surface area contributed by atoms with Gasteiger partial charge in [0, 0.05) is 20.8 Å². The van der Waals surface area contributed by atoms with E-state index >= 15 is 0 Å². The number of carboxylic acids is 3. The summed E-state index contributed by atoms with van der Waals surface area (Å²) in [5.74, 6) is -8.58. The van der Waals surface area contributed by atoms with Gasteiger partial charge in [-0.05, 0) is 0 Å². The van der Waals surface area contributed by atoms with Crippen molar-refractivity contribution in [3.63, 3.8) is 0 Å². The highest BCUT2D eigenvalue weighted by molar-refractivity contribution is 5.75. The first-order valence-electron chi connectivity index (χ1n) is 24.1. The molecule has 6 saturated heterocycles. The van der Waals surface area contributed by atoms with Crippen LogP contribution in [0.3, 0.4) is 0 Å². The Morgan fingerprint density at radius 2 is 0.633 bits per heavy atom. The molecular formula is C42H65N3O34. The maximum Gasteiger partial charge on any atom is 0.335 e. The molecule has 3 amide bonds. The first-order valence-corrected chi connectivity index (χ1v) is 24.1. The summed E-state index contributed by atoms with van der Waals surface area (Å²) in [6.07, 6.45) is -59.2. The van der Waals surface area contributed by atoms with Crippen LogP contribution in [-0.4, -0.2) is 326 Å². The van der Waals surface area contributed by atoms with Gasteiger partial charge in [-0.25, -0.2) is 14.4 Å². The Morgan fingerprint density at radius 3 is 0.962 bits per heavy atom. The Bertz CT molecular complexity index is 2120. The third-order valence-electron chi connectivity index (χ3n) is 13.5. The normalized spacial score (nSPS) is 46.6. The molecule has 6 aliphatic rings. The summed E-state index contributed by atoms with van der Waals surface area (Å²) in [5.41, 5.74) is 0. The van der Waals surface area contributed by atoms with E-state index in [1.165, 1.54) is 0 Å². The molecule has 0 saturated carbocycles. The van der Waals surface area contributed by atoms with Gasteiger partial charge in [-0.2, -0.15) is 0 Å². The van der Waals surface area contributed by atoms with Crippen LogP contribution in [0.15, 0.2) is 0 Å². The van der Waals surface area contributed by atoms with Crippen molar-refractivity contribution in [2.45, 2.75) is 205 Å². The fourth-order valence-electron chi connectivity index (χ4n) is 9.64. The number of hydrogen-bond acceptors (Lipinski definition) is 31. The molecule has 0 aromatic rings. The van der Waals surface area contributed by atoms with Gasteiger partial charge >= 0.3 is 17.9 Å². The van der Waals surface area contributed by atoms with E-state index < -0.39 is 239 Å². The number of carbonyl (C=O) groups is 6. The van der Waals surface area contributed by atoms with Gasteiger partial charge in [-0.1, -0.05) is 0 Å². The topological polar surface area (TPSA) is 584 Å². The van der Waals surface area contributed by atoms with Crippen molar-refractivity contribution in [1.29, 1.82) is 0 Å². The van der Waals surface area contributed by atoms with E-state index in [1.54, 1.807) is 0 Å². The number of ether oxygens (including phenoxy) is 11. The summed E-state index contributed by atoms with van der Waals surface area (Å²) in [6.45, 7) is -0.408. The van der Waals surface area contributed by atoms with E-state index in [0.717, 1.165) is 20.8 Å². The van der Waals surface area contributed by atoms with Gasteiger partial charge in [0.15, 0.2) is 56.1 Å². The SMILES string of the molecule is CC(=O)N[C@@H]1[C@H](O[C@H]2[C@H](O)[C@H](O)[C@H](O[C@H]3[C@H](O)[C@H](CO)O[C@@H](O[C@H]4[C@H](O)[C@H](O)[C@H](O[C@H]5[C@H](O)[C@H](CO)OC(O)[C@H]5NC(C)=O)O[C@H]4C(=O)O)[C@H]3NC(C)=O)O[C@H]2C(=O)O)O[C@@H](CO)[C@@H](O)[C@@H]1O[C@@H]1O[C@@H](C(=O)O)[C@@H](O)[C@H](O)[C@@H]1O. The minimum absolute atomic E-state index is 0.806. The molecule has 0 spiro atoms. The van der Waals surface area contributed by atoms with Crippen LogP contribution >= 0.6 is 0 Å². The molecule has 0 aromatic heterocycles. The van der Waals surface area contributed by atoms with Crippen LogP contribution in [0.5, 0.6) is 0 Å². The zero-order valence-electron chi connectivity index (χ0n) is 41.5. The highest BCUT2D eigenvalue weighted by Gasteiger charge is 2.60. The number of carboxylic acid groups (broad SMARTS) is 3. The Hall–Kier alpha value is -4.18. The molecule has 452 valence electrons. The maximum absolute atomic E-state index is 12.9. The summed E-state index contributed by atoms with van der Waals surface area (Å²) in [7, 11) is 0. The van der Waals surface area contributed by atoms with Crippen LogP contribution < -0.4 is 16.0 Å². The van der Waals surface area contributed by atoms with Gasteiger partial charge in [-0.3, -0.25) is 14.4 Å². The average Bonchev–Trinajstić information content (AvgIpc) is 3.45. The number of hydrogen-bond donors (Lipinski definition) is 20. The van der Waals surface area contributed by atoms with Gasteiger partial charge < -0.3 is 155 Å². The summed E-state index contributed by atoms with van der Waals surface area (Å²) in [5, 5.41) is 188. The van der Waals surface area contributed by atoms with Crippen LogP contribution in [-0.2, 0) is 80.9 Å². The quantitative estimate of drug-likeness (QED) is 0.0571. The fourth-order valence-corrected chi connectivity index (χ4v) is 9.64. The molecule has 30 atom stereocenters.